The van der Waals surface area contributed by atoms with Gasteiger partial charge in [0.2, 0.25) is 0 Å². The molecular weight excluding hydrogens is 479 g/mol. The summed E-state index contributed by atoms with van der Waals surface area (Å²) >= 11 is 6.72. The number of benzene rings is 1. The molecule has 1 fully saturated rings. The molecule has 188 valence electrons. The van der Waals surface area contributed by atoms with Crippen molar-refractivity contribution in [3.05, 3.63) is 71.0 Å². The fraction of sp³-hybridized carbons (Fsp3) is 0.370. The van der Waals surface area contributed by atoms with Crippen LogP contribution in [0.4, 0.5) is 10.2 Å². The Hall–Kier alpha value is -3.23. The molecule has 0 amide bonds. The molecule has 1 aliphatic rings. The van der Waals surface area contributed by atoms with Crippen molar-refractivity contribution in [1.82, 2.24) is 24.5 Å². The molecule has 0 saturated carbocycles. The summed E-state index contributed by atoms with van der Waals surface area (Å²) in [4.78, 5) is 9.44. The van der Waals surface area contributed by atoms with Crippen LogP contribution in [0, 0.1) is 5.82 Å². The van der Waals surface area contributed by atoms with Crippen LogP contribution < -0.4 is 9.64 Å². The lowest BCUT2D eigenvalue weighted by Crippen LogP contribution is -2.49. The first-order chi connectivity index (χ1) is 17.5. The zero-order valence-electron chi connectivity index (χ0n) is 20.8. The van der Waals surface area contributed by atoms with Crippen LogP contribution in [0.1, 0.15) is 25.1 Å². The highest BCUT2D eigenvalue weighted by Crippen LogP contribution is 2.32. The van der Waals surface area contributed by atoms with Gasteiger partial charge in [-0.1, -0.05) is 17.7 Å². The highest BCUT2D eigenvalue weighted by molar-refractivity contribution is 6.33. The number of aryl methyl sites for hydroxylation is 1. The number of anilines is 1. The quantitative estimate of drug-likeness (QED) is 0.353. The highest BCUT2D eigenvalue weighted by atomic mass is 35.5. The number of pyridine rings is 2. The summed E-state index contributed by atoms with van der Waals surface area (Å²) in [5.41, 5.74) is 4.02. The van der Waals surface area contributed by atoms with E-state index in [0.717, 1.165) is 48.8 Å². The third-order valence-electron chi connectivity index (χ3n) is 6.94. The number of hydrogen-bond donors (Lipinski definition) is 0. The third kappa shape index (κ3) is 4.75. The van der Waals surface area contributed by atoms with Crippen molar-refractivity contribution in [1.29, 1.82) is 0 Å². The van der Waals surface area contributed by atoms with E-state index in [1.807, 2.05) is 28.8 Å². The lowest BCUT2D eigenvalue weighted by atomic mass is 10.0. The molecule has 1 saturated heterocycles. The minimum Gasteiger partial charge on any atom is -0.496 e. The Labute approximate surface area is 215 Å². The number of piperazine rings is 1. The minimum atomic E-state index is -0.266. The Morgan fingerprint density at radius 3 is 2.61 bits per heavy atom. The predicted octanol–water partition coefficient (Wildman–Crippen LogP) is 4.91. The second kappa shape index (κ2) is 10.4. The number of nitrogens with zero attached hydrogens (tertiary/aromatic N) is 6. The first kappa shape index (κ1) is 24.5. The molecule has 0 aliphatic carbocycles. The molecule has 7 nitrogen and oxygen atoms in total. The zero-order chi connectivity index (χ0) is 25.2. The molecule has 1 aromatic carbocycles. The maximum Gasteiger partial charge on any atom is 0.168 e. The van der Waals surface area contributed by atoms with E-state index in [4.69, 9.17) is 21.3 Å². The topological polar surface area (TPSA) is 58.8 Å². The van der Waals surface area contributed by atoms with Crippen LogP contribution in [0.25, 0.3) is 16.8 Å². The summed E-state index contributed by atoms with van der Waals surface area (Å²) < 4.78 is 21.7. The van der Waals surface area contributed by atoms with Crippen molar-refractivity contribution >= 4 is 23.1 Å². The summed E-state index contributed by atoms with van der Waals surface area (Å²) in [6.45, 7) is 8.25. The maximum atomic E-state index is 14.4. The van der Waals surface area contributed by atoms with Crippen molar-refractivity contribution < 1.29 is 9.13 Å². The highest BCUT2D eigenvalue weighted by Gasteiger charge is 2.22. The van der Waals surface area contributed by atoms with Crippen LogP contribution in [-0.2, 0) is 12.8 Å². The van der Waals surface area contributed by atoms with E-state index in [-0.39, 0.29) is 5.82 Å². The predicted molar refractivity (Wildman–Crippen MR) is 141 cm³/mol. The summed E-state index contributed by atoms with van der Waals surface area (Å²) in [6.07, 6.45) is 4.63. The van der Waals surface area contributed by atoms with Crippen LogP contribution in [0.3, 0.4) is 0 Å². The van der Waals surface area contributed by atoms with Crippen molar-refractivity contribution in [2.75, 3.05) is 38.2 Å². The van der Waals surface area contributed by atoms with Crippen molar-refractivity contribution in [3.63, 3.8) is 0 Å². The van der Waals surface area contributed by atoms with Crippen molar-refractivity contribution in [3.8, 4) is 16.9 Å². The third-order valence-corrected chi connectivity index (χ3v) is 7.22. The van der Waals surface area contributed by atoms with Gasteiger partial charge in [-0.05, 0) is 57.0 Å². The number of methoxy groups -OCH3 is 1. The Morgan fingerprint density at radius 1 is 1.08 bits per heavy atom. The van der Waals surface area contributed by atoms with Gasteiger partial charge in [0.25, 0.3) is 0 Å². The largest absolute Gasteiger partial charge is 0.496 e. The van der Waals surface area contributed by atoms with Gasteiger partial charge in [-0.15, -0.1) is 10.2 Å². The lowest BCUT2D eigenvalue weighted by Gasteiger charge is -2.37. The summed E-state index contributed by atoms with van der Waals surface area (Å²) in [5.74, 6) is 1.10. The Morgan fingerprint density at radius 2 is 1.89 bits per heavy atom. The summed E-state index contributed by atoms with van der Waals surface area (Å²) in [7, 11) is 1.56. The first-order valence-corrected chi connectivity index (χ1v) is 12.6. The molecular formula is C27H30ClFN6O. The average molecular weight is 509 g/mol. The standard InChI is InChI=1S/C27H30ClFN6O/c1-18(2)33-11-13-34(14-12-33)27-23(28)15-19(16-30-27)21-9-7-20(35-17-31-32-26(21)35)8-10-22-24(29)5-4-6-25(22)36-3/h4-7,9,15-18H,8,10-14H2,1-3H3. The number of ether oxygens (including phenoxy) is 1. The molecule has 0 radical (unpaired) electrons. The van der Waals surface area contributed by atoms with E-state index in [0.29, 0.717) is 40.9 Å². The average Bonchev–Trinajstić information content (AvgIpc) is 3.38. The smallest absolute Gasteiger partial charge is 0.168 e. The molecule has 5 rings (SSSR count). The number of halogens is 2. The summed E-state index contributed by atoms with van der Waals surface area (Å²) in [5, 5.41) is 9.12. The van der Waals surface area contributed by atoms with E-state index < -0.39 is 0 Å². The molecule has 4 aromatic rings. The normalized spacial score (nSPS) is 14.7. The zero-order valence-corrected chi connectivity index (χ0v) is 21.5. The molecule has 0 unspecified atom stereocenters. The van der Waals surface area contributed by atoms with E-state index in [9.17, 15) is 4.39 Å². The monoisotopic (exact) mass is 508 g/mol. The van der Waals surface area contributed by atoms with E-state index in [2.05, 4.69) is 33.8 Å². The van der Waals surface area contributed by atoms with Gasteiger partial charge >= 0.3 is 0 Å². The van der Waals surface area contributed by atoms with Crippen molar-refractivity contribution in [2.24, 2.45) is 0 Å². The molecule has 0 spiro atoms. The van der Waals surface area contributed by atoms with Crippen LogP contribution in [-0.4, -0.2) is 63.8 Å². The SMILES string of the molecule is COc1cccc(F)c1CCc1ccc(-c2cnc(N3CCN(C(C)C)CC3)c(Cl)c2)c2nncn12. The summed E-state index contributed by atoms with van der Waals surface area (Å²) in [6, 6.07) is 11.4. The van der Waals surface area contributed by atoms with Crippen LogP contribution >= 0.6 is 11.6 Å². The Balaban J connectivity index is 1.38. The molecule has 36 heavy (non-hydrogen) atoms. The first-order valence-electron chi connectivity index (χ1n) is 12.2. The van der Waals surface area contributed by atoms with Gasteiger partial charge in [-0.3, -0.25) is 9.30 Å². The second-order valence-electron chi connectivity index (χ2n) is 9.33. The molecule has 0 N–H and O–H groups in total. The van der Waals surface area contributed by atoms with E-state index in [1.165, 1.54) is 6.07 Å². The minimum absolute atomic E-state index is 0.266. The molecule has 0 bridgehead atoms. The van der Waals surface area contributed by atoms with Gasteiger partial charge in [0, 0.05) is 60.8 Å². The number of aromatic nitrogens is 4. The van der Waals surface area contributed by atoms with E-state index >= 15 is 0 Å². The number of rotatable bonds is 7. The maximum absolute atomic E-state index is 14.4. The van der Waals surface area contributed by atoms with Gasteiger partial charge < -0.3 is 9.64 Å². The van der Waals surface area contributed by atoms with Crippen LogP contribution in [0.2, 0.25) is 5.02 Å². The van der Waals surface area contributed by atoms with Crippen LogP contribution in [0.5, 0.6) is 5.75 Å². The Bertz CT molecular complexity index is 1370. The van der Waals surface area contributed by atoms with Gasteiger partial charge in [-0.2, -0.15) is 0 Å². The number of hydrogen-bond acceptors (Lipinski definition) is 6. The molecule has 1 aliphatic heterocycles. The van der Waals surface area contributed by atoms with Gasteiger partial charge in [0.15, 0.2) is 5.65 Å². The van der Waals surface area contributed by atoms with Gasteiger partial charge in [0.05, 0.1) is 12.1 Å². The molecule has 9 heteroatoms. The van der Waals surface area contributed by atoms with Gasteiger partial charge in [0.1, 0.15) is 23.7 Å². The fourth-order valence-corrected chi connectivity index (χ4v) is 5.16. The Kier molecular flexibility index (Phi) is 7.07. The molecule has 0 atom stereocenters. The molecule has 4 heterocycles. The van der Waals surface area contributed by atoms with Crippen molar-refractivity contribution in [2.45, 2.75) is 32.7 Å². The fourth-order valence-electron chi connectivity index (χ4n) is 4.88. The van der Waals surface area contributed by atoms with Gasteiger partial charge in [-0.25, -0.2) is 9.37 Å². The lowest BCUT2D eigenvalue weighted by molar-refractivity contribution is 0.209. The number of fused-ring (bicyclic) bond motifs is 1. The van der Waals surface area contributed by atoms with E-state index in [1.54, 1.807) is 25.6 Å². The van der Waals surface area contributed by atoms with Crippen LogP contribution in [0.15, 0.2) is 48.9 Å². The molecule has 3 aromatic heterocycles. The second-order valence-corrected chi connectivity index (χ2v) is 9.74.